The number of carbonyl (C=O) groups excluding carboxylic acids is 1. The van der Waals surface area contributed by atoms with Crippen molar-refractivity contribution in [1.82, 2.24) is 10.2 Å². The first-order valence-electron chi connectivity index (χ1n) is 4.20. The van der Waals surface area contributed by atoms with E-state index in [-0.39, 0.29) is 6.17 Å². The van der Waals surface area contributed by atoms with E-state index in [4.69, 9.17) is 11.6 Å². The minimum absolute atomic E-state index is 0.295. The Kier molecular flexibility index (Phi) is 6.80. The largest absolute Gasteiger partial charge is 0.323 e. The Balaban J connectivity index is 4.38. The maximum absolute atomic E-state index is 10.7. The van der Waals surface area contributed by atoms with Gasteiger partial charge in [0.05, 0.1) is 0 Å². The van der Waals surface area contributed by atoms with E-state index in [9.17, 15) is 4.79 Å². The molecule has 0 heterocycles. The van der Waals surface area contributed by atoms with Crippen molar-refractivity contribution < 1.29 is 4.79 Å². The zero-order valence-electron chi connectivity index (χ0n) is 8.08. The number of nitrogens with zero attached hydrogens (tertiary/aromatic N) is 1. The predicted molar refractivity (Wildman–Crippen MR) is 60.3 cm³/mol. The van der Waals surface area contributed by atoms with Crippen LogP contribution in [0.25, 0.3) is 0 Å². The molecule has 0 aromatic heterocycles. The summed E-state index contributed by atoms with van der Waals surface area (Å²) in [4.78, 5) is 12.6. The second-order valence-electron chi connectivity index (χ2n) is 2.63. The molecular formula is C10H15ClN2O. The Bertz CT molecular complexity index is 218. The van der Waals surface area contributed by atoms with Crippen LogP contribution in [0.15, 0.2) is 38.0 Å². The molecule has 0 rings (SSSR count). The van der Waals surface area contributed by atoms with Crippen LogP contribution in [0, 0.1) is 0 Å². The fourth-order valence-electron chi connectivity index (χ4n) is 1.05. The first kappa shape index (κ1) is 12.9. The number of amides is 1. The smallest absolute Gasteiger partial charge is 0.315 e. The fraction of sp³-hybridized carbons (Fsp3) is 0.300. The lowest BCUT2D eigenvalue weighted by molar-refractivity contribution is 0.227. The van der Waals surface area contributed by atoms with Gasteiger partial charge in [-0.3, -0.25) is 9.69 Å². The molecule has 0 aliphatic rings. The van der Waals surface area contributed by atoms with Gasteiger partial charge in [-0.25, -0.2) is 0 Å². The van der Waals surface area contributed by atoms with Crippen molar-refractivity contribution in [2.24, 2.45) is 0 Å². The molecule has 0 fully saturated rings. The molecule has 0 bridgehead atoms. The number of hydrogen-bond acceptors (Lipinski definition) is 2. The van der Waals surface area contributed by atoms with Crippen LogP contribution in [0.1, 0.15) is 0 Å². The van der Waals surface area contributed by atoms with Crippen molar-refractivity contribution in [3.05, 3.63) is 38.0 Å². The highest BCUT2D eigenvalue weighted by Crippen LogP contribution is 1.99. The lowest BCUT2D eigenvalue weighted by Gasteiger charge is -2.26. The average molecular weight is 215 g/mol. The molecule has 14 heavy (non-hydrogen) atoms. The van der Waals surface area contributed by atoms with E-state index in [1.54, 1.807) is 18.2 Å². The molecule has 0 aromatic rings. The van der Waals surface area contributed by atoms with Crippen LogP contribution in [0.4, 0.5) is 4.79 Å². The second-order valence-corrected chi connectivity index (χ2v) is 2.97. The van der Waals surface area contributed by atoms with Gasteiger partial charge in [0, 0.05) is 13.1 Å². The SMILES string of the molecule is C=CCN(CC=C)C(C=C)NC(=O)Cl. The third kappa shape index (κ3) is 4.84. The molecule has 0 spiro atoms. The molecule has 0 aliphatic carbocycles. The summed E-state index contributed by atoms with van der Waals surface area (Å²) in [7, 11) is 0. The van der Waals surface area contributed by atoms with Crippen LogP contribution in [-0.4, -0.2) is 29.5 Å². The lowest BCUT2D eigenvalue weighted by Crippen LogP contribution is -2.45. The highest BCUT2D eigenvalue weighted by atomic mass is 35.5. The van der Waals surface area contributed by atoms with Gasteiger partial charge in [-0.15, -0.1) is 13.2 Å². The Labute approximate surface area is 89.7 Å². The van der Waals surface area contributed by atoms with Gasteiger partial charge in [0.1, 0.15) is 6.17 Å². The van der Waals surface area contributed by atoms with Gasteiger partial charge in [0.15, 0.2) is 0 Å². The normalized spacial score (nSPS) is 11.9. The maximum atomic E-state index is 10.7. The van der Waals surface area contributed by atoms with E-state index in [1.165, 1.54) is 0 Å². The van der Waals surface area contributed by atoms with Crippen molar-refractivity contribution in [3.8, 4) is 0 Å². The van der Waals surface area contributed by atoms with Crippen LogP contribution in [0.5, 0.6) is 0 Å². The Morgan fingerprint density at radius 2 is 1.86 bits per heavy atom. The van der Waals surface area contributed by atoms with Crippen LogP contribution < -0.4 is 5.32 Å². The Morgan fingerprint density at radius 3 is 2.14 bits per heavy atom. The van der Waals surface area contributed by atoms with Crippen LogP contribution in [0.3, 0.4) is 0 Å². The number of halogens is 1. The molecule has 1 N–H and O–H groups in total. The first-order valence-corrected chi connectivity index (χ1v) is 4.57. The summed E-state index contributed by atoms with van der Waals surface area (Å²) < 4.78 is 0. The molecule has 0 aromatic carbocycles. The van der Waals surface area contributed by atoms with E-state index >= 15 is 0 Å². The maximum Gasteiger partial charge on any atom is 0.315 e. The summed E-state index contributed by atoms with van der Waals surface area (Å²) >= 11 is 5.22. The molecule has 1 amide bonds. The Hall–Kier alpha value is -1.06. The summed E-state index contributed by atoms with van der Waals surface area (Å²) in [6, 6.07) is 0. The van der Waals surface area contributed by atoms with Crippen molar-refractivity contribution in [3.63, 3.8) is 0 Å². The molecule has 0 saturated carbocycles. The van der Waals surface area contributed by atoms with Gasteiger partial charge < -0.3 is 5.32 Å². The minimum Gasteiger partial charge on any atom is -0.323 e. The van der Waals surface area contributed by atoms with Gasteiger partial charge in [-0.1, -0.05) is 24.8 Å². The lowest BCUT2D eigenvalue weighted by atomic mass is 10.3. The topological polar surface area (TPSA) is 32.3 Å². The van der Waals surface area contributed by atoms with E-state index in [0.717, 1.165) is 0 Å². The first-order chi connectivity index (χ1) is 6.65. The van der Waals surface area contributed by atoms with E-state index < -0.39 is 5.37 Å². The van der Waals surface area contributed by atoms with Crippen molar-refractivity contribution in [2.45, 2.75) is 6.17 Å². The zero-order valence-corrected chi connectivity index (χ0v) is 8.83. The van der Waals surface area contributed by atoms with Crippen molar-refractivity contribution in [2.75, 3.05) is 13.1 Å². The van der Waals surface area contributed by atoms with Crippen molar-refractivity contribution in [1.29, 1.82) is 0 Å². The van der Waals surface area contributed by atoms with Crippen LogP contribution in [0.2, 0.25) is 0 Å². The number of carbonyl (C=O) groups is 1. The van der Waals surface area contributed by atoms with Crippen LogP contribution in [-0.2, 0) is 0 Å². The summed E-state index contributed by atoms with van der Waals surface area (Å²) in [5, 5.41) is 1.93. The summed E-state index contributed by atoms with van der Waals surface area (Å²) in [5.41, 5.74) is 0. The minimum atomic E-state index is -0.604. The standard InChI is InChI=1S/C10H15ClN2O/c1-4-7-13(8-5-2)9(6-3)12-10(11)14/h4-6,9H,1-3,7-8H2,(H,12,14). The summed E-state index contributed by atoms with van der Waals surface area (Å²) in [6.07, 6.45) is 4.78. The van der Waals surface area contributed by atoms with E-state index in [2.05, 4.69) is 25.1 Å². The van der Waals surface area contributed by atoms with Gasteiger partial charge in [-0.2, -0.15) is 0 Å². The van der Waals surface area contributed by atoms with Gasteiger partial charge in [0.25, 0.3) is 0 Å². The van der Waals surface area contributed by atoms with Crippen LogP contribution >= 0.6 is 11.6 Å². The highest BCUT2D eigenvalue weighted by molar-refractivity contribution is 6.63. The molecular weight excluding hydrogens is 200 g/mol. The average Bonchev–Trinajstić information content (AvgIpc) is 2.13. The van der Waals surface area contributed by atoms with E-state index in [0.29, 0.717) is 13.1 Å². The summed E-state index contributed by atoms with van der Waals surface area (Å²) in [5.74, 6) is 0. The molecule has 0 saturated heterocycles. The molecule has 4 heteroatoms. The Morgan fingerprint density at radius 1 is 1.36 bits per heavy atom. The molecule has 0 radical (unpaired) electrons. The fourth-order valence-corrected chi connectivity index (χ4v) is 1.16. The molecule has 0 aliphatic heterocycles. The van der Waals surface area contributed by atoms with Crippen molar-refractivity contribution >= 4 is 17.0 Å². The van der Waals surface area contributed by atoms with Gasteiger partial charge >= 0.3 is 5.37 Å². The molecule has 78 valence electrons. The third-order valence-corrected chi connectivity index (χ3v) is 1.71. The second kappa shape index (κ2) is 7.35. The van der Waals surface area contributed by atoms with E-state index in [1.807, 2.05) is 4.90 Å². The number of nitrogens with one attached hydrogen (secondary N) is 1. The number of rotatable bonds is 7. The predicted octanol–water partition coefficient (Wildman–Crippen LogP) is 2.12. The monoisotopic (exact) mass is 214 g/mol. The quantitative estimate of drug-likeness (QED) is 0.305. The molecule has 1 unspecified atom stereocenters. The van der Waals surface area contributed by atoms with Gasteiger partial charge in [-0.05, 0) is 11.6 Å². The van der Waals surface area contributed by atoms with Gasteiger partial charge in [0.2, 0.25) is 0 Å². The zero-order chi connectivity index (χ0) is 11.0. The number of hydrogen-bond donors (Lipinski definition) is 1. The third-order valence-electron chi connectivity index (χ3n) is 1.61. The highest BCUT2D eigenvalue weighted by Gasteiger charge is 2.13. The molecule has 1 atom stereocenters. The molecule has 3 nitrogen and oxygen atoms in total. The summed E-state index contributed by atoms with van der Waals surface area (Å²) in [6.45, 7) is 12.1.